The molecule has 6 heterocycles. The van der Waals surface area contributed by atoms with Crippen molar-refractivity contribution in [1.29, 1.82) is 0 Å². The zero-order chi connectivity index (χ0) is 41.6. The predicted octanol–water partition coefficient (Wildman–Crippen LogP) is 6.44. The van der Waals surface area contributed by atoms with Crippen LogP contribution in [0.1, 0.15) is 52.5 Å². The molecule has 4 aromatic heterocycles. The smallest absolute Gasteiger partial charge is 0.264 e. The molecule has 15 nitrogen and oxygen atoms in total. The van der Waals surface area contributed by atoms with Gasteiger partial charge < -0.3 is 20.1 Å². The van der Waals surface area contributed by atoms with Gasteiger partial charge in [0.2, 0.25) is 5.91 Å². The van der Waals surface area contributed by atoms with Gasteiger partial charge in [0, 0.05) is 41.1 Å². The topological polar surface area (TPSA) is 196 Å². The average Bonchev–Trinajstić information content (AvgIpc) is 3.84. The highest BCUT2D eigenvalue weighted by molar-refractivity contribution is 8.18. The number of ether oxygens (including phenoxy) is 2. The average molecular weight is 829 g/mol. The van der Waals surface area contributed by atoms with Crippen molar-refractivity contribution < 1.29 is 23.9 Å². The van der Waals surface area contributed by atoms with Gasteiger partial charge in [-0.1, -0.05) is 17.8 Å². The molecular weight excluding hydrogens is 789 g/mol. The van der Waals surface area contributed by atoms with E-state index >= 15 is 0 Å². The molecule has 2 aliphatic heterocycles. The molecule has 2 fully saturated rings. The summed E-state index contributed by atoms with van der Waals surface area (Å²) in [6, 6.07) is 14.8. The Morgan fingerprint density at radius 2 is 1.25 bits per heavy atom. The number of benzene rings is 2. The molecule has 2 aliphatic rings. The lowest BCUT2D eigenvalue weighted by atomic mass is 10.1. The van der Waals surface area contributed by atoms with Gasteiger partial charge in [-0.3, -0.25) is 54.3 Å². The lowest BCUT2D eigenvalue weighted by Crippen LogP contribution is -2.20. The Bertz CT molecular complexity index is 2550. The van der Waals surface area contributed by atoms with Gasteiger partial charge in [0.15, 0.2) is 10.3 Å². The van der Waals surface area contributed by atoms with Crippen molar-refractivity contribution in [3.8, 4) is 11.5 Å². The van der Waals surface area contributed by atoms with Crippen molar-refractivity contribution in [2.45, 2.75) is 40.8 Å². The highest BCUT2D eigenvalue weighted by atomic mass is 32.2. The van der Waals surface area contributed by atoms with Crippen molar-refractivity contribution in [2.24, 2.45) is 9.98 Å². The number of amides is 2. The standard InChI is InChI=1S/C21H19N5O2S.C12H11NO2.C9H10N4OS/c1-3-28-18-6-7-22-17-5-4-14(8-16(17)18)9-19-20(27)26-21(29-19)25-12-15-11-23-13(2)10-24-15;1-2-15-12-5-6-13-11-4-3-9(8-14)7-10(11)12;1-6-2-11-7(3-10-6)4-12-9-13-8(14)5-15-9/h4-11H,3,12H2,1-2H3,(H,25,26,27);3-8H,2H2,1H3;2-3H,4-5H2,1H3,(H,12,13,14)/b19-9-;;. The Morgan fingerprint density at radius 1 is 0.695 bits per heavy atom. The largest absolute Gasteiger partial charge is 0.493 e. The first-order valence-electron chi connectivity index (χ1n) is 18.5. The lowest BCUT2D eigenvalue weighted by molar-refractivity contribution is -0.117. The van der Waals surface area contributed by atoms with Crippen LogP contribution in [-0.4, -0.2) is 77.3 Å². The van der Waals surface area contributed by atoms with E-state index in [0.29, 0.717) is 52.9 Å². The van der Waals surface area contributed by atoms with Crippen LogP contribution in [0.5, 0.6) is 11.5 Å². The van der Waals surface area contributed by atoms with Crippen LogP contribution in [0.15, 0.2) is 101 Å². The molecule has 0 saturated carbocycles. The predicted molar refractivity (Wildman–Crippen MR) is 231 cm³/mol. The summed E-state index contributed by atoms with van der Waals surface area (Å²) >= 11 is 2.73. The van der Waals surface area contributed by atoms with Gasteiger partial charge >= 0.3 is 0 Å². The summed E-state index contributed by atoms with van der Waals surface area (Å²) in [6.07, 6.45) is 12.9. The molecule has 0 spiro atoms. The summed E-state index contributed by atoms with van der Waals surface area (Å²) < 4.78 is 11.2. The molecule has 2 aromatic carbocycles. The molecule has 6 aromatic rings. The summed E-state index contributed by atoms with van der Waals surface area (Å²) in [5.41, 5.74) is 6.51. The molecule has 300 valence electrons. The van der Waals surface area contributed by atoms with E-state index in [2.05, 4.69) is 50.5 Å². The minimum absolute atomic E-state index is 0.00809. The monoisotopic (exact) mass is 828 g/mol. The van der Waals surface area contributed by atoms with Crippen molar-refractivity contribution in [1.82, 2.24) is 40.5 Å². The Hall–Kier alpha value is -6.59. The first kappa shape index (κ1) is 42.0. The van der Waals surface area contributed by atoms with E-state index in [1.807, 2.05) is 64.1 Å². The Morgan fingerprint density at radius 3 is 1.76 bits per heavy atom. The zero-order valence-corrected chi connectivity index (χ0v) is 34.3. The number of aliphatic imine (C=N–C) groups is 2. The fraction of sp³-hybridized carbons (Fsp3) is 0.214. The number of thioether (sulfide) groups is 2. The van der Waals surface area contributed by atoms with Crippen LogP contribution < -0.4 is 20.1 Å². The van der Waals surface area contributed by atoms with E-state index in [1.165, 1.54) is 23.5 Å². The number of rotatable bonds is 10. The second-order valence-electron chi connectivity index (χ2n) is 12.6. The number of carbonyl (C=O) groups is 3. The second-order valence-corrected chi connectivity index (χ2v) is 14.6. The first-order valence-corrected chi connectivity index (χ1v) is 20.3. The maximum Gasteiger partial charge on any atom is 0.264 e. The summed E-state index contributed by atoms with van der Waals surface area (Å²) in [5, 5.41) is 8.48. The molecule has 2 saturated heterocycles. The van der Waals surface area contributed by atoms with E-state index in [0.717, 1.165) is 67.9 Å². The van der Waals surface area contributed by atoms with Crippen LogP contribution in [0.4, 0.5) is 0 Å². The third-order valence-electron chi connectivity index (χ3n) is 8.16. The van der Waals surface area contributed by atoms with Crippen LogP contribution in [0, 0.1) is 13.8 Å². The van der Waals surface area contributed by atoms with Gasteiger partial charge in [0.05, 0.1) is 83.2 Å². The van der Waals surface area contributed by atoms with E-state index < -0.39 is 0 Å². The van der Waals surface area contributed by atoms with Crippen LogP contribution in [-0.2, 0) is 22.7 Å². The molecule has 8 rings (SSSR count). The fourth-order valence-electron chi connectivity index (χ4n) is 5.37. The first-order chi connectivity index (χ1) is 28.7. The minimum Gasteiger partial charge on any atom is -0.493 e. The van der Waals surface area contributed by atoms with Crippen LogP contribution >= 0.6 is 23.5 Å². The van der Waals surface area contributed by atoms with Crippen molar-refractivity contribution in [2.75, 3.05) is 19.0 Å². The van der Waals surface area contributed by atoms with Gasteiger partial charge in [0.1, 0.15) is 17.8 Å². The van der Waals surface area contributed by atoms with E-state index in [4.69, 9.17) is 9.47 Å². The molecule has 0 unspecified atom stereocenters. The van der Waals surface area contributed by atoms with Crippen molar-refractivity contribution >= 4 is 79.8 Å². The van der Waals surface area contributed by atoms with Gasteiger partial charge in [0.25, 0.3) is 5.91 Å². The normalized spacial score (nSPS) is 15.4. The summed E-state index contributed by atoms with van der Waals surface area (Å²) in [4.78, 5) is 68.4. The van der Waals surface area contributed by atoms with Gasteiger partial charge in [-0.25, -0.2) is 0 Å². The lowest BCUT2D eigenvalue weighted by Gasteiger charge is -2.07. The number of carbonyl (C=O) groups excluding carboxylic acids is 3. The molecule has 0 radical (unpaired) electrons. The Balaban J connectivity index is 0.000000164. The Labute approximate surface area is 348 Å². The van der Waals surface area contributed by atoms with Crippen molar-refractivity contribution in [3.05, 3.63) is 125 Å². The van der Waals surface area contributed by atoms with Crippen LogP contribution in [0.2, 0.25) is 0 Å². The highest BCUT2D eigenvalue weighted by Crippen LogP contribution is 2.30. The SMILES string of the molecule is CCOc1ccnc2ccc(/C=C3\SC(=NCc4cnc(C)cn4)NC3=O)cc12.CCOc1ccnc2ccc(C=O)cc12.Cc1cnc(CN=C2NC(=O)CS2)cn1. The van der Waals surface area contributed by atoms with Gasteiger partial charge in [-0.2, -0.15) is 0 Å². The molecular formula is C42H40N10O5S2. The van der Waals surface area contributed by atoms with Gasteiger partial charge in [-0.15, -0.1) is 0 Å². The number of nitrogens with one attached hydrogen (secondary N) is 2. The maximum atomic E-state index is 12.3. The number of fused-ring (bicyclic) bond motifs is 2. The van der Waals surface area contributed by atoms with Gasteiger partial charge in [-0.05, 0) is 93.6 Å². The number of aldehydes is 1. The number of aryl methyl sites for hydroxylation is 2. The summed E-state index contributed by atoms with van der Waals surface area (Å²) in [6.45, 7) is 9.63. The number of nitrogens with zero attached hydrogens (tertiary/aromatic N) is 8. The second kappa shape index (κ2) is 20.7. The van der Waals surface area contributed by atoms with E-state index in [-0.39, 0.29) is 11.8 Å². The van der Waals surface area contributed by atoms with Crippen LogP contribution in [0.25, 0.3) is 27.9 Å². The number of hydrogen-bond acceptors (Lipinski definition) is 15. The number of pyridine rings is 2. The van der Waals surface area contributed by atoms with E-state index in [9.17, 15) is 14.4 Å². The molecule has 17 heteroatoms. The fourth-order valence-corrected chi connectivity index (χ4v) is 6.88. The third-order valence-corrected chi connectivity index (χ3v) is 10.0. The number of aromatic nitrogens is 6. The zero-order valence-electron chi connectivity index (χ0n) is 32.7. The quantitative estimate of drug-likeness (QED) is 0.113. The molecule has 0 aliphatic carbocycles. The molecule has 0 atom stereocenters. The molecule has 2 N–H and O–H groups in total. The number of amidine groups is 2. The Kier molecular flexibility index (Phi) is 14.8. The maximum absolute atomic E-state index is 12.3. The molecule has 59 heavy (non-hydrogen) atoms. The number of hydrogen-bond donors (Lipinski definition) is 2. The summed E-state index contributed by atoms with van der Waals surface area (Å²) in [5.74, 6) is 1.85. The third kappa shape index (κ3) is 12.0. The minimum atomic E-state index is -0.167. The molecule has 2 amide bonds. The highest BCUT2D eigenvalue weighted by Gasteiger charge is 2.24. The molecule has 0 bridgehead atoms. The van der Waals surface area contributed by atoms with E-state index in [1.54, 1.807) is 55.4 Å². The summed E-state index contributed by atoms with van der Waals surface area (Å²) in [7, 11) is 0. The van der Waals surface area contributed by atoms with Crippen LogP contribution in [0.3, 0.4) is 0 Å². The van der Waals surface area contributed by atoms with Crippen molar-refractivity contribution in [3.63, 3.8) is 0 Å².